The number of anilines is 1. The van der Waals surface area contributed by atoms with Gasteiger partial charge in [-0.05, 0) is 66.5 Å². The van der Waals surface area contributed by atoms with Crippen LogP contribution in [-0.4, -0.2) is 46.4 Å². The van der Waals surface area contributed by atoms with Gasteiger partial charge in [0.1, 0.15) is 18.6 Å². The predicted molar refractivity (Wildman–Crippen MR) is 136 cm³/mol. The lowest BCUT2D eigenvalue weighted by Crippen LogP contribution is -2.38. The van der Waals surface area contributed by atoms with Crippen molar-refractivity contribution in [3.05, 3.63) is 75.4 Å². The van der Waals surface area contributed by atoms with Gasteiger partial charge in [0.15, 0.2) is 5.60 Å². The molecule has 1 saturated heterocycles. The molecule has 0 saturated carbocycles. The van der Waals surface area contributed by atoms with Gasteiger partial charge in [-0.3, -0.25) is 4.57 Å². The Balaban J connectivity index is 1.05. The van der Waals surface area contributed by atoms with Crippen LogP contribution >= 0.6 is 11.6 Å². The van der Waals surface area contributed by atoms with Gasteiger partial charge in [-0.2, -0.15) is 0 Å². The van der Waals surface area contributed by atoms with Crippen LogP contribution in [0.15, 0.2) is 54.7 Å². The summed E-state index contributed by atoms with van der Waals surface area (Å²) < 4.78 is 19.4. The zero-order valence-electron chi connectivity index (χ0n) is 20.1. The van der Waals surface area contributed by atoms with Crippen molar-refractivity contribution in [2.75, 3.05) is 31.2 Å². The molecular formula is C26H29ClN4O5. The first-order valence-electron chi connectivity index (χ1n) is 12.1. The lowest BCUT2D eigenvalue weighted by molar-refractivity contribution is -0.389. The number of imidazole rings is 1. The molecule has 0 radical (unpaired) electrons. The monoisotopic (exact) mass is 512 g/mol. The maximum atomic E-state index is 10.9. The van der Waals surface area contributed by atoms with Crippen LogP contribution in [0.3, 0.4) is 0 Å². The van der Waals surface area contributed by atoms with Crippen LogP contribution in [-0.2, 0) is 17.9 Å². The number of benzene rings is 2. The molecule has 2 aliphatic rings. The van der Waals surface area contributed by atoms with Crippen molar-refractivity contribution in [2.45, 2.75) is 38.5 Å². The number of ether oxygens (including phenoxy) is 3. The van der Waals surface area contributed by atoms with Gasteiger partial charge in [0.05, 0.1) is 13.2 Å². The molecule has 0 amide bonds. The topological polar surface area (TPSA) is 91.9 Å². The van der Waals surface area contributed by atoms with Crippen LogP contribution in [0.1, 0.15) is 25.3 Å². The fraction of sp³-hybridized carbons (Fsp3) is 0.423. The first-order valence-corrected chi connectivity index (χ1v) is 12.5. The average Bonchev–Trinajstić information content (AvgIpc) is 3.40. The van der Waals surface area contributed by atoms with E-state index < -0.39 is 10.5 Å². The maximum Gasteiger partial charge on any atom is 0.415 e. The van der Waals surface area contributed by atoms with E-state index in [9.17, 15) is 10.1 Å². The summed E-state index contributed by atoms with van der Waals surface area (Å²) in [6.45, 7) is 5.94. The van der Waals surface area contributed by atoms with Crippen molar-refractivity contribution >= 4 is 23.1 Å². The van der Waals surface area contributed by atoms with E-state index >= 15 is 0 Å². The first-order chi connectivity index (χ1) is 17.4. The minimum absolute atomic E-state index is 0.211. The number of nitrogens with zero attached hydrogens (tertiary/aromatic N) is 4. The predicted octanol–water partition coefficient (Wildman–Crippen LogP) is 5.11. The third-order valence-electron chi connectivity index (χ3n) is 6.69. The first kappa shape index (κ1) is 24.4. The lowest BCUT2D eigenvalue weighted by atomic mass is 9.97. The Labute approximate surface area is 214 Å². The molecule has 2 aliphatic heterocycles. The van der Waals surface area contributed by atoms with Crippen molar-refractivity contribution < 1.29 is 19.1 Å². The fourth-order valence-electron chi connectivity index (χ4n) is 4.65. The number of halogens is 1. The molecule has 1 aromatic heterocycles. The van der Waals surface area contributed by atoms with Gasteiger partial charge in [-0.15, -0.1) is 0 Å². The van der Waals surface area contributed by atoms with E-state index in [0.717, 1.165) is 48.9 Å². The Morgan fingerprint density at radius 3 is 2.64 bits per heavy atom. The third-order valence-corrected chi connectivity index (χ3v) is 7.06. The number of rotatable bonds is 9. The number of piperidine rings is 1. The summed E-state index contributed by atoms with van der Waals surface area (Å²) in [7, 11) is 0. The summed E-state index contributed by atoms with van der Waals surface area (Å²) in [4.78, 5) is 16.6. The highest BCUT2D eigenvalue weighted by Crippen LogP contribution is 2.32. The Bertz CT molecular complexity index is 1180. The quantitative estimate of drug-likeness (QED) is 0.290. The van der Waals surface area contributed by atoms with E-state index in [2.05, 4.69) is 22.0 Å². The minimum atomic E-state index is -0.633. The van der Waals surface area contributed by atoms with Gasteiger partial charge < -0.3 is 29.2 Å². The molecule has 1 fully saturated rings. The molecule has 0 unspecified atom stereocenters. The van der Waals surface area contributed by atoms with Gasteiger partial charge in [0, 0.05) is 35.4 Å². The highest BCUT2D eigenvalue weighted by molar-refractivity contribution is 6.31. The zero-order valence-corrected chi connectivity index (χ0v) is 20.9. The largest absolute Gasteiger partial charge is 0.489 e. The van der Waals surface area contributed by atoms with Crippen LogP contribution < -0.4 is 14.4 Å². The summed E-state index contributed by atoms with van der Waals surface area (Å²) in [5.74, 6) is 1.09. The molecule has 3 aromatic rings. The third kappa shape index (κ3) is 5.57. The van der Waals surface area contributed by atoms with Gasteiger partial charge in [-0.1, -0.05) is 29.8 Å². The molecule has 3 heterocycles. The molecular weight excluding hydrogens is 484 g/mol. The average molecular weight is 513 g/mol. The molecule has 1 atom stereocenters. The summed E-state index contributed by atoms with van der Waals surface area (Å²) in [5, 5.41) is 11.6. The Morgan fingerprint density at radius 2 is 1.94 bits per heavy atom. The summed E-state index contributed by atoms with van der Waals surface area (Å²) >= 11 is 6.21. The van der Waals surface area contributed by atoms with Gasteiger partial charge in [0.25, 0.3) is 0 Å². The van der Waals surface area contributed by atoms with Gasteiger partial charge in [-0.25, -0.2) is 0 Å². The van der Waals surface area contributed by atoms with Crippen LogP contribution in [0.5, 0.6) is 11.8 Å². The maximum absolute atomic E-state index is 10.9. The number of fused-ring (bicyclic) bond motifs is 1. The summed E-state index contributed by atoms with van der Waals surface area (Å²) in [6.07, 6.45) is 3.57. The molecule has 0 aliphatic carbocycles. The standard InChI is InChI=1S/C26H29ClN4O5/c1-26(17-30-14-24(31(32)33)28-25(30)36-26)18-35-22-8-6-21(7-9-22)29-12-10-19(11-13-29)15-34-16-20-4-2-3-5-23(20)27/h2-9,14,19H,10-13,15-18H2,1H3/t26-/m1/s1. The van der Waals surface area contributed by atoms with Crippen molar-refractivity contribution in [1.82, 2.24) is 9.55 Å². The molecule has 0 N–H and O–H groups in total. The van der Waals surface area contributed by atoms with Gasteiger partial charge in [0.2, 0.25) is 0 Å². The zero-order chi connectivity index (χ0) is 25.1. The SMILES string of the molecule is C[C@]1(COc2ccc(N3CCC(COCc4ccccc4Cl)CC3)cc2)Cn2cc([N+](=O)[O-])nc2O1. The molecule has 9 nitrogen and oxygen atoms in total. The summed E-state index contributed by atoms with van der Waals surface area (Å²) in [6, 6.07) is 16.1. The number of hydrogen-bond acceptors (Lipinski definition) is 7. The second kappa shape index (κ2) is 10.4. The lowest BCUT2D eigenvalue weighted by Gasteiger charge is -2.33. The van der Waals surface area contributed by atoms with Crippen molar-refractivity contribution in [3.63, 3.8) is 0 Å². The second-order valence-corrected chi connectivity index (χ2v) is 10.0. The van der Waals surface area contributed by atoms with Crippen molar-refractivity contribution in [3.8, 4) is 11.8 Å². The minimum Gasteiger partial charge on any atom is -0.489 e. The van der Waals surface area contributed by atoms with Crippen LogP contribution in [0.4, 0.5) is 11.5 Å². The van der Waals surface area contributed by atoms with E-state index in [1.165, 1.54) is 11.9 Å². The van der Waals surface area contributed by atoms with Gasteiger partial charge >= 0.3 is 11.8 Å². The van der Waals surface area contributed by atoms with Crippen LogP contribution in [0.25, 0.3) is 0 Å². The number of nitro groups is 1. The summed E-state index contributed by atoms with van der Waals surface area (Å²) in [5.41, 5.74) is 1.57. The molecule has 0 bridgehead atoms. The van der Waals surface area contributed by atoms with E-state index in [0.29, 0.717) is 25.7 Å². The molecule has 2 aromatic carbocycles. The van der Waals surface area contributed by atoms with E-state index in [1.807, 2.05) is 43.3 Å². The molecule has 36 heavy (non-hydrogen) atoms. The Hall–Kier alpha value is -3.30. The van der Waals surface area contributed by atoms with E-state index in [1.54, 1.807) is 4.57 Å². The van der Waals surface area contributed by atoms with E-state index in [-0.39, 0.29) is 11.8 Å². The molecule has 5 rings (SSSR count). The van der Waals surface area contributed by atoms with Crippen LogP contribution in [0.2, 0.25) is 5.02 Å². The Kier molecular flexibility index (Phi) is 7.02. The number of hydrogen-bond donors (Lipinski definition) is 0. The molecule has 0 spiro atoms. The number of aromatic nitrogens is 2. The molecule has 10 heteroatoms. The normalized spacial score (nSPS) is 19.7. The fourth-order valence-corrected chi connectivity index (χ4v) is 4.84. The Morgan fingerprint density at radius 1 is 1.19 bits per heavy atom. The highest BCUT2D eigenvalue weighted by atomic mass is 35.5. The van der Waals surface area contributed by atoms with Crippen LogP contribution in [0, 0.1) is 16.0 Å². The van der Waals surface area contributed by atoms with E-state index in [4.69, 9.17) is 25.8 Å². The smallest absolute Gasteiger partial charge is 0.415 e. The van der Waals surface area contributed by atoms with Crippen molar-refractivity contribution in [2.24, 2.45) is 5.92 Å². The van der Waals surface area contributed by atoms with Crippen molar-refractivity contribution in [1.29, 1.82) is 0 Å². The highest BCUT2D eigenvalue weighted by Gasteiger charge is 2.41. The molecule has 190 valence electrons. The second-order valence-electron chi connectivity index (χ2n) is 9.64.